The Hall–Kier alpha value is -1.63. The summed E-state index contributed by atoms with van der Waals surface area (Å²) in [4.78, 5) is 34.4. The lowest BCUT2D eigenvalue weighted by Gasteiger charge is -2.41. The standard InChI is InChI=1S/C16H28O6Si/c1-11(2)23(12(3)4,13(5)6)22-16(19)10-21-15(18)9-8-14(17)20-7/h8-9,11-13H,10H2,1-7H3. The van der Waals surface area contributed by atoms with Gasteiger partial charge in [-0.25, -0.2) is 14.4 Å². The minimum absolute atomic E-state index is 0.251. The quantitative estimate of drug-likeness (QED) is 0.383. The highest BCUT2D eigenvalue weighted by Gasteiger charge is 2.48. The molecule has 0 N–H and O–H groups in total. The Kier molecular flexibility index (Phi) is 8.82. The van der Waals surface area contributed by atoms with Crippen LogP contribution in [0.25, 0.3) is 0 Å². The first-order chi connectivity index (χ1) is 10.6. The van der Waals surface area contributed by atoms with E-state index in [0.717, 1.165) is 12.2 Å². The zero-order valence-electron chi connectivity index (χ0n) is 15.0. The lowest BCUT2D eigenvalue weighted by molar-refractivity contribution is -0.151. The summed E-state index contributed by atoms with van der Waals surface area (Å²) in [6.45, 7) is 11.9. The smallest absolute Gasteiger partial charge is 0.331 e. The molecule has 23 heavy (non-hydrogen) atoms. The van der Waals surface area contributed by atoms with Crippen molar-refractivity contribution in [3.05, 3.63) is 12.2 Å². The van der Waals surface area contributed by atoms with Crippen LogP contribution in [-0.4, -0.2) is 39.9 Å². The van der Waals surface area contributed by atoms with Gasteiger partial charge in [0.15, 0.2) is 6.61 Å². The Morgan fingerprint density at radius 1 is 0.870 bits per heavy atom. The Balaban J connectivity index is 4.76. The summed E-state index contributed by atoms with van der Waals surface area (Å²) < 4.78 is 15.0. The fourth-order valence-corrected chi connectivity index (χ4v) is 8.12. The summed E-state index contributed by atoms with van der Waals surface area (Å²) in [7, 11) is -1.14. The van der Waals surface area contributed by atoms with E-state index in [4.69, 9.17) is 9.16 Å². The van der Waals surface area contributed by atoms with Gasteiger partial charge in [0.25, 0.3) is 8.32 Å². The molecule has 0 saturated heterocycles. The van der Waals surface area contributed by atoms with Gasteiger partial charge in [0.1, 0.15) is 0 Å². The van der Waals surface area contributed by atoms with Crippen LogP contribution in [0.1, 0.15) is 41.5 Å². The number of ether oxygens (including phenoxy) is 2. The van der Waals surface area contributed by atoms with Gasteiger partial charge >= 0.3 is 17.9 Å². The highest BCUT2D eigenvalue weighted by atomic mass is 28.4. The fourth-order valence-electron chi connectivity index (χ4n) is 2.96. The van der Waals surface area contributed by atoms with E-state index in [-0.39, 0.29) is 16.6 Å². The van der Waals surface area contributed by atoms with Gasteiger partial charge in [-0.1, -0.05) is 41.5 Å². The summed E-state index contributed by atoms with van der Waals surface area (Å²) in [6, 6.07) is 0. The summed E-state index contributed by atoms with van der Waals surface area (Å²) in [6.07, 6.45) is 1.85. The Morgan fingerprint density at radius 3 is 1.70 bits per heavy atom. The Bertz CT molecular complexity index is 432. The molecule has 0 saturated carbocycles. The van der Waals surface area contributed by atoms with Crippen molar-refractivity contribution in [2.75, 3.05) is 13.7 Å². The second kappa shape index (κ2) is 9.49. The molecule has 0 heterocycles. The van der Waals surface area contributed by atoms with Crippen molar-refractivity contribution in [2.24, 2.45) is 0 Å². The lowest BCUT2D eigenvalue weighted by atomic mass is 10.5. The molecule has 0 aliphatic carbocycles. The van der Waals surface area contributed by atoms with Crippen molar-refractivity contribution >= 4 is 26.2 Å². The van der Waals surface area contributed by atoms with Gasteiger partial charge in [0, 0.05) is 12.2 Å². The molecule has 7 heteroatoms. The first-order valence-electron chi connectivity index (χ1n) is 7.72. The number of hydrogen-bond acceptors (Lipinski definition) is 6. The minimum Gasteiger partial charge on any atom is -0.516 e. The van der Waals surface area contributed by atoms with Crippen LogP contribution in [0.4, 0.5) is 0 Å². The molecule has 0 aromatic rings. The second-order valence-corrected chi connectivity index (χ2v) is 11.6. The summed E-state index contributed by atoms with van der Waals surface area (Å²) in [5.74, 6) is -2.01. The molecule has 0 amide bonds. The van der Waals surface area contributed by atoms with E-state index in [1.165, 1.54) is 7.11 Å². The molecule has 0 aliphatic rings. The van der Waals surface area contributed by atoms with Crippen LogP contribution >= 0.6 is 0 Å². The number of hydrogen-bond donors (Lipinski definition) is 0. The van der Waals surface area contributed by atoms with Crippen LogP contribution in [0.2, 0.25) is 16.6 Å². The zero-order chi connectivity index (χ0) is 18.2. The normalized spacial score (nSPS) is 12.1. The van der Waals surface area contributed by atoms with Crippen LogP contribution in [0.3, 0.4) is 0 Å². The van der Waals surface area contributed by atoms with E-state index >= 15 is 0 Å². The van der Waals surface area contributed by atoms with Crippen molar-refractivity contribution in [3.63, 3.8) is 0 Å². The van der Waals surface area contributed by atoms with Crippen molar-refractivity contribution < 1.29 is 28.3 Å². The van der Waals surface area contributed by atoms with Crippen molar-refractivity contribution in [3.8, 4) is 0 Å². The van der Waals surface area contributed by atoms with Crippen LogP contribution < -0.4 is 0 Å². The van der Waals surface area contributed by atoms with E-state index in [1.807, 2.05) is 0 Å². The molecule has 0 bridgehead atoms. The molecule has 132 valence electrons. The molecule has 0 aromatic heterocycles. The Labute approximate surface area is 139 Å². The monoisotopic (exact) mass is 344 g/mol. The third-order valence-corrected chi connectivity index (χ3v) is 9.88. The number of rotatable bonds is 8. The van der Waals surface area contributed by atoms with Gasteiger partial charge in [-0.15, -0.1) is 0 Å². The molecule has 0 spiro atoms. The number of esters is 2. The van der Waals surface area contributed by atoms with Crippen LogP contribution in [-0.2, 0) is 28.3 Å². The maximum Gasteiger partial charge on any atom is 0.331 e. The van der Waals surface area contributed by atoms with Crippen LogP contribution in [0.15, 0.2) is 12.2 Å². The zero-order valence-corrected chi connectivity index (χ0v) is 16.0. The average Bonchev–Trinajstić information content (AvgIpc) is 2.46. The molecule has 0 aliphatic heterocycles. The maximum atomic E-state index is 12.1. The largest absolute Gasteiger partial charge is 0.516 e. The van der Waals surface area contributed by atoms with Gasteiger partial charge in [0.05, 0.1) is 7.11 Å². The third-order valence-electron chi connectivity index (χ3n) is 3.89. The second-order valence-electron chi connectivity index (χ2n) is 6.26. The van der Waals surface area contributed by atoms with Gasteiger partial charge in [-0.2, -0.15) is 0 Å². The summed E-state index contributed by atoms with van der Waals surface area (Å²) >= 11 is 0. The first kappa shape index (κ1) is 21.4. The first-order valence-corrected chi connectivity index (χ1v) is 9.86. The average molecular weight is 344 g/mol. The molecule has 0 unspecified atom stereocenters. The molecular weight excluding hydrogens is 316 g/mol. The van der Waals surface area contributed by atoms with Crippen molar-refractivity contribution in [1.82, 2.24) is 0 Å². The van der Waals surface area contributed by atoms with E-state index < -0.39 is 32.8 Å². The predicted molar refractivity (Wildman–Crippen MR) is 89.3 cm³/mol. The SMILES string of the molecule is COC(=O)C=CC(=O)OCC(=O)O[Si](C(C)C)(C(C)C)C(C)C. The van der Waals surface area contributed by atoms with Gasteiger partial charge in [0.2, 0.25) is 0 Å². The molecule has 0 radical (unpaired) electrons. The number of carbonyl (C=O) groups is 3. The summed E-state index contributed by atoms with van der Waals surface area (Å²) in [5, 5.41) is 0. The van der Waals surface area contributed by atoms with E-state index in [9.17, 15) is 14.4 Å². The maximum absolute atomic E-state index is 12.1. The van der Waals surface area contributed by atoms with E-state index in [1.54, 1.807) is 0 Å². The van der Waals surface area contributed by atoms with Gasteiger partial charge < -0.3 is 13.9 Å². The van der Waals surface area contributed by atoms with Crippen molar-refractivity contribution in [2.45, 2.75) is 58.2 Å². The van der Waals surface area contributed by atoms with E-state index in [2.05, 4.69) is 46.3 Å². The molecule has 0 atom stereocenters. The van der Waals surface area contributed by atoms with E-state index in [0.29, 0.717) is 0 Å². The Morgan fingerprint density at radius 2 is 1.30 bits per heavy atom. The van der Waals surface area contributed by atoms with Crippen LogP contribution in [0, 0.1) is 0 Å². The number of carbonyl (C=O) groups excluding carboxylic acids is 3. The minimum atomic E-state index is -2.34. The number of methoxy groups -OCH3 is 1. The highest BCUT2D eigenvalue weighted by Crippen LogP contribution is 2.42. The molecule has 6 nitrogen and oxygen atoms in total. The third kappa shape index (κ3) is 6.17. The molecule has 0 fully saturated rings. The topological polar surface area (TPSA) is 78.9 Å². The molecular formula is C16H28O6Si. The highest BCUT2D eigenvalue weighted by molar-refractivity contribution is 6.78. The van der Waals surface area contributed by atoms with Gasteiger partial charge in [-0.05, 0) is 16.6 Å². The van der Waals surface area contributed by atoms with Gasteiger partial charge in [-0.3, -0.25) is 0 Å². The lowest BCUT2D eigenvalue weighted by Crippen LogP contribution is -2.49. The fraction of sp³-hybridized carbons (Fsp3) is 0.688. The van der Waals surface area contributed by atoms with Crippen LogP contribution in [0.5, 0.6) is 0 Å². The molecule has 0 rings (SSSR count). The summed E-state index contributed by atoms with van der Waals surface area (Å²) in [5.41, 5.74) is 0.754. The molecule has 0 aromatic carbocycles. The van der Waals surface area contributed by atoms with Crippen molar-refractivity contribution in [1.29, 1.82) is 0 Å². The predicted octanol–water partition coefficient (Wildman–Crippen LogP) is 2.98.